The van der Waals surface area contributed by atoms with Gasteiger partial charge in [0.15, 0.2) is 17.2 Å². The average Bonchev–Trinajstić information content (AvgIpc) is 3.22. The molecule has 0 fully saturated rings. The Morgan fingerprint density at radius 2 is 2.00 bits per heavy atom. The number of aromatic nitrogens is 5. The van der Waals surface area contributed by atoms with Gasteiger partial charge in [0.1, 0.15) is 22.4 Å². The normalized spacial score (nSPS) is 11.8. The second kappa shape index (κ2) is 8.52. The molecule has 1 aromatic carbocycles. The number of hydrogen-bond donors (Lipinski definition) is 1. The molecule has 0 spiro atoms. The van der Waals surface area contributed by atoms with Crippen molar-refractivity contribution in [2.45, 2.75) is 6.54 Å². The van der Waals surface area contributed by atoms with Gasteiger partial charge in [-0.3, -0.25) is 9.67 Å². The molecular weight excluding hydrogens is 401 g/mol. The Bertz CT molecular complexity index is 1310. The summed E-state index contributed by atoms with van der Waals surface area (Å²) in [5.74, 6) is -0.109. The zero-order valence-corrected chi connectivity index (χ0v) is 17.4. The standard InChI is InChI=1S/C21H22FN7O2/c1-28-12-13(10-25-28)17-11-24-15-4-5-19(29(7-6-23)21(15)27-17)26-16-8-14(30-2)9-18(31-3)20(16)22/h4-5,8-12H,6-7,23H2,1-3H3. The molecular formula is C21H22FN7O2. The number of nitrogens with zero attached hydrogens (tertiary/aromatic N) is 6. The van der Waals surface area contributed by atoms with Crippen LogP contribution in [0.25, 0.3) is 22.4 Å². The second-order valence-corrected chi connectivity index (χ2v) is 6.77. The Morgan fingerprint density at radius 3 is 2.68 bits per heavy atom. The Morgan fingerprint density at radius 1 is 1.16 bits per heavy atom. The Balaban J connectivity index is 1.95. The van der Waals surface area contributed by atoms with Crippen molar-refractivity contribution in [3.8, 4) is 22.8 Å². The highest BCUT2D eigenvalue weighted by atomic mass is 19.1. The summed E-state index contributed by atoms with van der Waals surface area (Å²) in [4.78, 5) is 13.8. The summed E-state index contributed by atoms with van der Waals surface area (Å²) in [6, 6.07) is 6.51. The monoisotopic (exact) mass is 423 g/mol. The Labute approximate surface area is 177 Å². The summed E-state index contributed by atoms with van der Waals surface area (Å²) in [6.45, 7) is 0.763. The van der Waals surface area contributed by atoms with E-state index in [0.717, 1.165) is 5.56 Å². The molecule has 0 atom stereocenters. The highest BCUT2D eigenvalue weighted by Gasteiger charge is 2.13. The maximum absolute atomic E-state index is 14.8. The minimum atomic E-state index is -0.585. The summed E-state index contributed by atoms with van der Waals surface area (Å²) >= 11 is 0. The first-order valence-electron chi connectivity index (χ1n) is 9.56. The van der Waals surface area contributed by atoms with E-state index in [1.165, 1.54) is 26.4 Å². The quantitative estimate of drug-likeness (QED) is 0.510. The molecule has 4 aromatic rings. The minimum absolute atomic E-state index is 0.0444. The number of ether oxygens (including phenoxy) is 2. The van der Waals surface area contributed by atoms with Crippen LogP contribution < -0.4 is 20.7 Å². The number of rotatable bonds is 6. The van der Waals surface area contributed by atoms with Gasteiger partial charge in [-0.1, -0.05) is 0 Å². The average molecular weight is 423 g/mol. The molecule has 0 saturated heterocycles. The van der Waals surface area contributed by atoms with Crippen LogP contribution in [0.4, 0.5) is 10.1 Å². The van der Waals surface area contributed by atoms with Gasteiger partial charge in [0.05, 0.1) is 32.3 Å². The molecule has 0 aliphatic rings. The maximum atomic E-state index is 14.8. The van der Waals surface area contributed by atoms with Gasteiger partial charge in [0.2, 0.25) is 0 Å². The van der Waals surface area contributed by atoms with Crippen molar-refractivity contribution in [1.82, 2.24) is 24.3 Å². The van der Waals surface area contributed by atoms with E-state index >= 15 is 0 Å². The van der Waals surface area contributed by atoms with E-state index in [0.29, 0.717) is 41.2 Å². The fourth-order valence-electron chi connectivity index (χ4n) is 3.23. The zero-order valence-electron chi connectivity index (χ0n) is 17.4. The molecule has 3 heterocycles. The molecule has 0 aliphatic carbocycles. The van der Waals surface area contributed by atoms with Crippen molar-refractivity contribution in [3.05, 3.63) is 54.2 Å². The van der Waals surface area contributed by atoms with E-state index in [4.69, 9.17) is 20.2 Å². The smallest absolute Gasteiger partial charge is 0.190 e. The van der Waals surface area contributed by atoms with Crippen molar-refractivity contribution in [1.29, 1.82) is 0 Å². The summed E-state index contributed by atoms with van der Waals surface area (Å²) in [6.07, 6.45) is 5.26. The first-order chi connectivity index (χ1) is 15.0. The van der Waals surface area contributed by atoms with E-state index in [1.807, 2.05) is 17.8 Å². The number of halogens is 1. The number of fused-ring (bicyclic) bond motifs is 1. The van der Waals surface area contributed by atoms with Gasteiger partial charge in [0.25, 0.3) is 0 Å². The van der Waals surface area contributed by atoms with Crippen LogP contribution in [0.5, 0.6) is 11.5 Å². The number of aryl methyl sites for hydroxylation is 1. The molecule has 4 rings (SSSR count). The van der Waals surface area contributed by atoms with E-state index in [2.05, 4.69) is 15.1 Å². The van der Waals surface area contributed by atoms with Gasteiger partial charge in [0, 0.05) is 44.0 Å². The van der Waals surface area contributed by atoms with Crippen molar-refractivity contribution in [2.24, 2.45) is 17.8 Å². The zero-order chi connectivity index (χ0) is 22.0. The lowest BCUT2D eigenvalue weighted by Gasteiger charge is -2.12. The summed E-state index contributed by atoms with van der Waals surface area (Å²) in [7, 11) is 4.72. The third-order valence-electron chi connectivity index (χ3n) is 4.74. The fraction of sp³-hybridized carbons (Fsp3) is 0.238. The molecule has 10 heteroatoms. The number of pyridine rings is 1. The van der Waals surface area contributed by atoms with Crippen LogP contribution in [-0.2, 0) is 13.6 Å². The predicted octanol–water partition coefficient (Wildman–Crippen LogP) is 2.18. The number of benzene rings is 1. The van der Waals surface area contributed by atoms with Crippen molar-refractivity contribution >= 4 is 16.9 Å². The summed E-state index contributed by atoms with van der Waals surface area (Å²) < 4.78 is 28.7. The van der Waals surface area contributed by atoms with Gasteiger partial charge in [-0.2, -0.15) is 5.10 Å². The number of methoxy groups -OCH3 is 2. The molecule has 9 nitrogen and oxygen atoms in total. The van der Waals surface area contributed by atoms with Crippen molar-refractivity contribution < 1.29 is 13.9 Å². The molecule has 3 aromatic heterocycles. The third-order valence-corrected chi connectivity index (χ3v) is 4.74. The first-order valence-corrected chi connectivity index (χ1v) is 9.56. The topological polar surface area (TPSA) is 105 Å². The van der Waals surface area contributed by atoms with Gasteiger partial charge in [-0.25, -0.2) is 14.4 Å². The van der Waals surface area contributed by atoms with E-state index in [1.54, 1.807) is 29.2 Å². The van der Waals surface area contributed by atoms with E-state index in [9.17, 15) is 4.39 Å². The van der Waals surface area contributed by atoms with Gasteiger partial charge < -0.3 is 19.8 Å². The van der Waals surface area contributed by atoms with Crippen LogP contribution >= 0.6 is 0 Å². The summed E-state index contributed by atoms with van der Waals surface area (Å²) in [5.41, 5.74) is 9.16. The van der Waals surface area contributed by atoms with Gasteiger partial charge >= 0.3 is 0 Å². The van der Waals surface area contributed by atoms with Gasteiger partial charge in [-0.05, 0) is 12.1 Å². The maximum Gasteiger partial charge on any atom is 0.190 e. The first kappa shape index (κ1) is 20.5. The Kier molecular flexibility index (Phi) is 5.63. The lowest BCUT2D eigenvalue weighted by molar-refractivity contribution is 0.374. The molecule has 0 amide bonds. The van der Waals surface area contributed by atoms with Crippen LogP contribution in [0.2, 0.25) is 0 Å². The number of hydrogen-bond acceptors (Lipinski definition) is 7. The molecule has 0 aliphatic heterocycles. The fourth-order valence-corrected chi connectivity index (χ4v) is 3.23. The second-order valence-electron chi connectivity index (χ2n) is 6.77. The molecule has 160 valence electrons. The molecule has 31 heavy (non-hydrogen) atoms. The molecule has 0 bridgehead atoms. The molecule has 0 unspecified atom stereocenters. The highest BCUT2D eigenvalue weighted by molar-refractivity contribution is 5.73. The van der Waals surface area contributed by atoms with Crippen LogP contribution in [0.1, 0.15) is 0 Å². The number of nitrogens with two attached hydrogens (primary N) is 1. The molecule has 0 saturated carbocycles. The summed E-state index contributed by atoms with van der Waals surface area (Å²) in [5, 5.41) is 4.19. The predicted molar refractivity (Wildman–Crippen MR) is 114 cm³/mol. The van der Waals surface area contributed by atoms with Crippen LogP contribution in [0.15, 0.2) is 47.8 Å². The largest absolute Gasteiger partial charge is 0.497 e. The molecule has 0 radical (unpaired) electrons. The third kappa shape index (κ3) is 3.97. The highest BCUT2D eigenvalue weighted by Crippen LogP contribution is 2.32. The lowest BCUT2D eigenvalue weighted by Crippen LogP contribution is -2.25. The van der Waals surface area contributed by atoms with Crippen molar-refractivity contribution in [3.63, 3.8) is 0 Å². The van der Waals surface area contributed by atoms with E-state index < -0.39 is 5.82 Å². The van der Waals surface area contributed by atoms with Gasteiger partial charge in [-0.15, -0.1) is 0 Å². The minimum Gasteiger partial charge on any atom is -0.497 e. The van der Waals surface area contributed by atoms with Crippen molar-refractivity contribution in [2.75, 3.05) is 20.8 Å². The lowest BCUT2D eigenvalue weighted by atomic mass is 10.2. The van der Waals surface area contributed by atoms with E-state index in [-0.39, 0.29) is 11.4 Å². The van der Waals surface area contributed by atoms with Crippen LogP contribution in [-0.4, -0.2) is 45.1 Å². The van der Waals surface area contributed by atoms with Crippen LogP contribution in [0, 0.1) is 5.82 Å². The molecule has 2 N–H and O–H groups in total. The van der Waals surface area contributed by atoms with Crippen LogP contribution in [0.3, 0.4) is 0 Å². The SMILES string of the molecule is COc1cc(N=c2ccc3ncc(-c4cnn(C)c4)nc3n2CCN)c(F)c(OC)c1. The Hall–Kier alpha value is -3.79.